The topological polar surface area (TPSA) is 8.17 Å². The molecule has 0 saturated carbocycles. The number of hydrogen-bond acceptors (Lipinski definition) is 1. The molecule has 0 radical (unpaired) electrons. The van der Waals surface area contributed by atoms with E-state index in [4.69, 9.17) is 0 Å². The summed E-state index contributed by atoms with van der Waals surface area (Å²) < 4.78 is 2.42. The summed E-state index contributed by atoms with van der Waals surface area (Å²) >= 11 is 0. The Kier molecular flexibility index (Phi) is 7.46. The van der Waals surface area contributed by atoms with Gasteiger partial charge in [-0.25, -0.2) is 0 Å². The number of aromatic nitrogens is 1. The number of fused-ring (bicyclic) bond motifs is 5. The highest BCUT2D eigenvalue weighted by Crippen LogP contribution is 2.47. The molecule has 0 fully saturated rings. The summed E-state index contributed by atoms with van der Waals surface area (Å²) in [5.74, 6) is 0.751. The van der Waals surface area contributed by atoms with E-state index >= 15 is 0 Å². The van der Waals surface area contributed by atoms with Gasteiger partial charge in [0.15, 0.2) is 0 Å². The van der Waals surface area contributed by atoms with E-state index in [1.807, 2.05) is 0 Å². The van der Waals surface area contributed by atoms with Gasteiger partial charge >= 0.3 is 0 Å². The molecule has 10 rings (SSSR count). The lowest BCUT2D eigenvalue weighted by atomic mass is 9.73. The van der Waals surface area contributed by atoms with Crippen LogP contribution in [0.15, 0.2) is 194 Å². The Bertz CT molecular complexity index is 2690. The Labute approximate surface area is 304 Å². The SMILES string of the molecule is C1=Cc2cccc(-c3cccc4c3c3ccccc3n4-c3ccccc3)c2C(C2C=CC(N(c3ccccc3)c3ccc4ccccc4c3)=CC2)C1. The van der Waals surface area contributed by atoms with E-state index < -0.39 is 0 Å². The van der Waals surface area contributed by atoms with Crippen LogP contribution < -0.4 is 4.90 Å². The van der Waals surface area contributed by atoms with Gasteiger partial charge in [0.2, 0.25) is 0 Å². The normalized spacial score (nSPS) is 16.7. The Balaban J connectivity index is 1.06. The summed E-state index contributed by atoms with van der Waals surface area (Å²) in [6.45, 7) is 0. The molecule has 2 heteroatoms. The average molecular weight is 667 g/mol. The molecule has 2 aliphatic rings. The van der Waals surface area contributed by atoms with Crippen LogP contribution in [-0.4, -0.2) is 4.57 Å². The molecule has 248 valence electrons. The van der Waals surface area contributed by atoms with Crippen molar-refractivity contribution in [1.29, 1.82) is 0 Å². The van der Waals surface area contributed by atoms with E-state index in [1.54, 1.807) is 0 Å². The van der Waals surface area contributed by atoms with Crippen LogP contribution in [0.4, 0.5) is 11.4 Å². The van der Waals surface area contributed by atoms with E-state index in [0.717, 1.165) is 12.8 Å². The van der Waals surface area contributed by atoms with Crippen LogP contribution in [0.25, 0.3) is 55.5 Å². The average Bonchev–Trinajstić information content (AvgIpc) is 3.56. The van der Waals surface area contributed by atoms with Crippen molar-refractivity contribution < 1.29 is 0 Å². The van der Waals surface area contributed by atoms with E-state index in [0.29, 0.717) is 11.8 Å². The van der Waals surface area contributed by atoms with Crippen LogP contribution in [-0.2, 0) is 0 Å². The lowest BCUT2D eigenvalue weighted by molar-refractivity contribution is 0.507. The van der Waals surface area contributed by atoms with E-state index in [2.05, 4.69) is 204 Å². The van der Waals surface area contributed by atoms with Gasteiger partial charge in [-0.3, -0.25) is 0 Å². The minimum Gasteiger partial charge on any atom is -0.311 e. The quantitative estimate of drug-likeness (QED) is 0.171. The maximum Gasteiger partial charge on any atom is 0.0547 e. The van der Waals surface area contributed by atoms with Crippen LogP contribution in [0, 0.1) is 5.92 Å². The number of benzene rings is 7. The zero-order valence-corrected chi connectivity index (χ0v) is 28.9. The van der Waals surface area contributed by atoms with Crippen molar-refractivity contribution in [3.8, 4) is 16.8 Å². The highest BCUT2D eigenvalue weighted by atomic mass is 15.1. The Hall–Kier alpha value is -6.38. The highest BCUT2D eigenvalue weighted by molar-refractivity contribution is 6.16. The lowest BCUT2D eigenvalue weighted by Gasteiger charge is -2.34. The third kappa shape index (κ3) is 5.10. The van der Waals surface area contributed by atoms with Crippen molar-refractivity contribution in [1.82, 2.24) is 4.57 Å². The molecule has 2 unspecified atom stereocenters. The minimum atomic E-state index is 0.369. The molecule has 0 spiro atoms. The van der Waals surface area contributed by atoms with Crippen LogP contribution in [0.2, 0.25) is 0 Å². The largest absolute Gasteiger partial charge is 0.311 e. The Morgan fingerprint density at radius 2 is 1.27 bits per heavy atom. The van der Waals surface area contributed by atoms with Crippen LogP contribution in [0.1, 0.15) is 29.9 Å². The van der Waals surface area contributed by atoms with Gasteiger partial charge < -0.3 is 9.47 Å². The number of hydrogen-bond donors (Lipinski definition) is 0. The van der Waals surface area contributed by atoms with Crippen molar-refractivity contribution in [3.05, 3.63) is 205 Å². The second kappa shape index (κ2) is 12.7. The van der Waals surface area contributed by atoms with Crippen LogP contribution in [0.3, 0.4) is 0 Å². The molecule has 1 aromatic heterocycles. The molecule has 0 saturated heterocycles. The summed E-state index contributed by atoms with van der Waals surface area (Å²) in [4.78, 5) is 2.41. The van der Waals surface area contributed by atoms with Crippen LogP contribution in [0.5, 0.6) is 0 Å². The number of rotatable bonds is 6. The smallest absolute Gasteiger partial charge is 0.0547 e. The van der Waals surface area contributed by atoms with E-state index in [9.17, 15) is 0 Å². The summed E-state index contributed by atoms with van der Waals surface area (Å²) in [6, 6.07) is 59.6. The first-order valence-corrected chi connectivity index (χ1v) is 18.4. The number of nitrogens with zero attached hydrogens (tertiary/aromatic N) is 2. The highest BCUT2D eigenvalue weighted by Gasteiger charge is 2.30. The van der Waals surface area contributed by atoms with Crippen molar-refractivity contribution in [2.45, 2.75) is 18.8 Å². The molecule has 2 aliphatic carbocycles. The van der Waals surface area contributed by atoms with Gasteiger partial charge in [-0.15, -0.1) is 0 Å². The monoisotopic (exact) mass is 666 g/mol. The molecule has 0 N–H and O–H groups in total. The van der Waals surface area contributed by atoms with Gasteiger partial charge in [0, 0.05) is 33.5 Å². The third-order valence-electron chi connectivity index (χ3n) is 11.1. The van der Waals surface area contributed by atoms with E-state index in [-0.39, 0.29) is 0 Å². The van der Waals surface area contributed by atoms with Crippen molar-refractivity contribution in [3.63, 3.8) is 0 Å². The lowest BCUT2D eigenvalue weighted by Crippen LogP contribution is -2.20. The van der Waals surface area contributed by atoms with Gasteiger partial charge in [0.05, 0.1) is 11.0 Å². The molecule has 2 nitrogen and oxygen atoms in total. The molecule has 2 atom stereocenters. The summed E-state index contributed by atoms with van der Waals surface area (Å²) in [6.07, 6.45) is 14.0. The predicted molar refractivity (Wildman–Crippen MR) is 220 cm³/mol. The van der Waals surface area contributed by atoms with Gasteiger partial charge in [-0.1, -0.05) is 140 Å². The fourth-order valence-corrected chi connectivity index (χ4v) is 8.75. The predicted octanol–water partition coefficient (Wildman–Crippen LogP) is 13.4. The van der Waals surface area contributed by atoms with Gasteiger partial charge in [-0.05, 0) is 112 Å². The molecule has 0 aliphatic heterocycles. The van der Waals surface area contributed by atoms with Gasteiger partial charge in [0.1, 0.15) is 0 Å². The number of allylic oxidation sites excluding steroid dienone is 4. The first-order valence-electron chi connectivity index (χ1n) is 18.4. The van der Waals surface area contributed by atoms with E-state index in [1.165, 1.54) is 77.6 Å². The third-order valence-corrected chi connectivity index (χ3v) is 11.1. The molecule has 1 heterocycles. The maximum atomic E-state index is 2.48. The summed E-state index contributed by atoms with van der Waals surface area (Å²) in [5.41, 5.74) is 12.7. The zero-order valence-electron chi connectivity index (χ0n) is 28.9. The maximum absolute atomic E-state index is 2.48. The fraction of sp³-hybridized carbons (Fsp3) is 0.0800. The molecule has 7 aromatic carbocycles. The molecule has 52 heavy (non-hydrogen) atoms. The first-order chi connectivity index (χ1) is 25.8. The van der Waals surface area contributed by atoms with Gasteiger partial charge in [0.25, 0.3) is 0 Å². The number of para-hydroxylation sites is 3. The molecular formula is C50H38N2. The van der Waals surface area contributed by atoms with Crippen molar-refractivity contribution >= 4 is 50.0 Å². The standard InChI is InChI=1S/C50H38N2/c1-3-18-39(19-4-1)51(42-33-28-35-14-7-8-15-38(35)34-42)41-31-29-36(30-32-41)43-23-11-16-37-17-12-24-44(49(37)43)45-25-13-27-48-50(45)46-22-9-10-26-47(46)52(48)40-20-5-2-6-21-40/h1-22,24-29,31-34,36,43H,23,30H2. The Morgan fingerprint density at radius 3 is 2.12 bits per heavy atom. The van der Waals surface area contributed by atoms with Crippen LogP contribution >= 0.6 is 0 Å². The fourth-order valence-electron chi connectivity index (χ4n) is 8.75. The molecule has 0 bridgehead atoms. The second-order valence-corrected chi connectivity index (χ2v) is 14.0. The molecular weight excluding hydrogens is 629 g/mol. The second-order valence-electron chi connectivity index (χ2n) is 14.0. The number of anilines is 2. The molecule has 8 aromatic rings. The first kappa shape index (κ1) is 30.4. The van der Waals surface area contributed by atoms with Crippen molar-refractivity contribution in [2.75, 3.05) is 4.90 Å². The minimum absolute atomic E-state index is 0.369. The summed E-state index contributed by atoms with van der Waals surface area (Å²) in [7, 11) is 0. The molecule has 0 amide bonds. The zero-order chi connectivity index (χ0) is 34.4. The Morgan fingerprint density at radius 1 is 0.538 bits per heavy atom. The summed E-state index contributed by atoms with van der Waals surface area (Å²) in [5, 5.41) is 5.11. The van der Waals surface area contributed by atoms with Gasteiger partial charge in [-0.2, -0.15) is 0 Å². The van der Waals surface area contributed by atoms with Crippen molar-refractivity contribution in [2.24, 2.45) is 5.92 Å².